The highest BCUT2D eigenvalue weighted by atomic mass is 32.2. The maximum absolute atomic E-state index is 12.8. The molecule has 1 saturated heterocycles. The molecule has 0 radical (unpaired) electrons. The third kappa shape index (κ3) is 5.11. The summed E-state index contributed by atoms with van der Waals surface area (Å²) in [6.45, 7) is 6.97. The van der Waals surface area contributed by atoms with Crippen LogP contribution in [0, 0.1) is 19.8 Å². The van der Waals surface area contributed by atoms with Crippen LogP contribution < -0.4 is 4.72 Å². The van der Waals surface area contributed by atoms with Crippen molar-refractivity contribution in [3.05, 3.63) is 34.9 Å². The molecule has 1 aliphatic carbocycles. The Morgan fingerprint density at radius 1 is 1.11 bits per heavy atom. The SMILES string of the molecule is Cc1ccc(C2CCCN2C(=O)CS(=O)(=O)NC2CCC(C)CC2)cc1C. The maximum atomic E-state index is 12.8. The number of carbonyl (C=O) groups is 1. The monoisotopic (exact) mass is 392 g/mol. The number of amides is 1. The molecular formula is C21H32N2O3S. The van der Waals surface area contributed by atoms with Crippen molar-refractivity contribution in [1.29, 1.82) is 0 Å². The van der Waals surface area contributed by atoms with Gasteiger partial charge in [0.25, 0.3) is 0 Å². The lowest BCUT2D eigenvalue weighted by atomic mass is 9.88. The van der Waals surface area contributed by atoms with Crippen molar-refractivity contribution >= 4 is 15.9 Å². The topological polar surface area (TPSA) is 66.5 Å². The summed E-state index contributed by atoms with van der Waals surface area (Å²) < 4.78 is 27.8. The second kappa shape index (κ2) is 8.31. The zero-order valence-electron chi connectivity index (χ0n) is 16.7. The molecule has 1 atom stereocenters. The standard InChI is InChI=1S/C21H32N2O3S/c1-15-6-10-19(11-7-15)22-27(25,26)14-21(24)23-12-4-5-20(23)18-9-8-16(2)17(3)13-18/h8-9,13,15,19-20,22H,4-7,10-12,14H2,1-3H3. The molecule has 6 heteroatoms. The lowest BCUT2D eigenvalue weighted by Gasteiger charge is -2.28. The van der Waals surface area contributed by atoms with Gasteiger partial charge in [-0.3, -0.25) is 4.79 Å². The van der Waals surface area contributed by atoms with Crippen LogP contribution >= 0.6 is 0 Å². The molecule has 1 saturated carbocycles. The van der Waals surface area contributed by atoms with Crippen LogP contribution in [0.1, 0.15) is 68.2 Å². The molecule has 150 valence electrons. The number of hydrogen-bond donors (Lipinski definition) is 1. The summed E-state index contributed by atoms with van der Waals surface area (Å²) in [5.74, 6) is -0.0662. The summed E-state index contributed by atoms with van der Waals surface area (Å²) >= 11 is 0. The average molecular weight is 393 g/mol. The summed E-state index contributed by atoms with van der Waals surface area (Å²) in [6.07, 6.45) is 5.62. The van der Waals surface area contributed by atoms with Crippen LogP contribution in [0.15, 0.2) is 18.2 Å². The van der Waals surface area contributed by atoms with Crippen molar-refractivity contribution in [2.75, 3.05) is 12.3 Å². The number of aryl methyl sites for hydroxylation is 2. The molecule has 1 amide bonds. The molecule has 1 aromatic carbocycles. The normalized spacial score (nSPS) is 26.3. The summed E-state index contributed by atoms with van der Waals surface area (Å²) in [5, 5.41) is 0. The van der Waals surface area contributed by atoms with Crippen LogP contribution in [0.2, 0.25) is 0 Å². The Balaban J connectivity index is 1.64. The zero-order chi connectivity index (χ0) is 19.6. The van der Waals surface area contributed by atoms with E-state index >= 15 is 0 Å². The Labute approximate surface area is 163 Å². The van der Waals surface area contributed by atoms with Gasteiger partial charge in [0.15, 0.2) is 0 Å². The van der Waals surface area contributed by atoms with Gasteiger partial charge < -0.3 is 4.90 Å². The first-order chi connectivity index (χ1) is 12.7. The number of carbonyl (C=O) groups excluding carboxylic acids is 1. The van der Waals surface area contributed by atoms with E-state index in [9.17, 15) is 13.2 Å². The van der Waals surface area contributed by atoms with E-state index in [0.29, 0.717) is 12.5 Å². The van der Waals surface area contributed by atoms with Gasteiger partial charge in [-0.15, -0.1) is 0 Å². The Hall–Kier alpha value is -1.40. The number of hydrogen-bond acceptors (Lipinski definition) is 3. The van der Waals surface area contributed by atoms with Gasteiger partial charge >= 0.3 is 0 Å². The van der Waals surface area contributed by atoms with Gasteiger partial charge in [0.2, 0.25) is 15.9 Å². The van der Waals surface area contributed by atoms with E-state index in [4.69, 9.17) is 0 Å². The van der Waals surface area contributed by atoms with Gasteiger partial charge in [0.1, 0.15) is 5.75 Å². The van der Waals surface area contributed by atoms with Gasteiger partial charge in [-0.1, -0.05) is 25.1 Å². The highest BCUT2D eigenvalue weighted by Crippen LogP contribution is 2.33. The molecule has 1 aromatic rings. The Morgan fingerprint density at radius 3 is 2.48 bits per heavy atom. The fraction of sp³-hybridized carbons (Fsp3) is 0.667. The predicted octanol–water partition coefficient (Wildman–Crippen LogP) is 3.47. The van der Waals surface area contributed by atoms with Crippen LogP contribution in [0.3, 0.4) is 0 Å². The molecule has 0 bridgehead atoms. The minimum Gasteiger partial charge on any atom is -0.335 e. The summed E-state index contributed by atoms with van der Waals surface area (Å²) in [4.78, 5) is 14.6. The molecule has 27 heavy (non-hydrogen) atoms. The smallest absolute Gasteiger partial charge is 0.239 e. The van der Waals surface area contributed by atoms with Crippen LogP contribution in [-0.4, -0.2) is 37.6 Å². The number of rotatable bonds is 5. The number of nitrogens with zero attached hydrogens (tertiary/aromatic N) is 1. The van der Waals surface area contributed by atoms with Crippen molar-refractivity contribution < 1.29 is 13.2 Å². The second-order valence-electron chi connectivity index (χ2n) is 8.42. The first kappa shape index (κ1) is 20.3. The summed E-state index contributed by atoms with van der Waals surface area (Å²) in [6, 6.07) is 6.24. The highest BCUT2D eigenvalue weighted by molar-refractivity contribution is 7.90. The molecule has 2 fully saturated rings. The fourth-order valence-corrected chi connectivity index (χ4v) is 5.62. The van der Waals surface area contributed by atoms with Gasteiger partial charge in [-0.2, -0.15) is 0 Å². The quantitative estimate of drug-likeness (QED) is 0.834. The van der Waals surface area contributed by atoms with E-state index in [1.54, 1.807) is 4.90 Å². The van der Waals surface area contributed by atoms with E-state index in [0.717, 1.165) is 44.1 Å². The van der Waals surface area contributed by atoms with Crippen LogP contribution in [0.5, 0.6) is 0 Å². The van der Waals surface area contributed by atoms with E-state index in [1.165, 1.54) is 11.1 Å². The van der Waals surface area contributed by atoms with Gasteiger partial charge in [0.05, 0.1) is 6.04 Å². The largest absolute Gasteiger partial charge is 0.335 e. The zero-order valence-corrected chi connectivity index (χ0v) is 17.5. The molecule has 5 nitrogen and oxygen atoms in total. The average Bonchev–Trinajstić information content (AvgIpc) is 3.08. The second-order valence-corrected chi connectivity index (χ2v) is 10.2. The summed E-state index contributed by atoms with van der Waals surface area (Å²) in [5.41, 5.74) is 3.53. The fourth-order valence-electron chi connectivity index (χ4n) is 4.30. The lowest BCUT2D eigenvalue weighted by Crippen LogP contribution is -2.43. The minimum absolute atomic E-state index is 0.0115. The third-order valence-corrected chi connectivity index (χ3v) is 7.48. The van der Waals surface area contributed by atoms with Crippen LogP contribution in [0.25, 0.3) is 0 Å². The minimum atomic E-state index is -3.60. The number of benzene rings is 1. The number of likely N-dealkylation sites (tertiary alicyclic amines) is 1. The lowest BCUT2D eigenvalue weighted by molar-refractivity contribution is -0.129. The Bertz CT molecular complexity index is 783. The molecule has 1 heterocycles. The molecule has 1 N–H and O–H groups in total. The molecule has 1 unspecified atom stereocenters. The van der Waals surface area contributed by atoms with Crippen molar-refractivity contribution in [2.45, 2.75) is 71.4 Å². The highest BCUT2D eigenvalue weighted by Gasteiger charge is 2.33. The van der Waals surface area contributed by atoms with Crippen molar-refractivity contribution in [2.24, 2.45) is 5.92 Å². The van der Waals surface area contributed by atoms with Crippen molar-refractivity contribution in [3.8, 4) is 0 Å². The number of sulfonamides is 1. The van der Waals surface area contributed by atoms with E-state index in [1.807, 2.05) is 0 Å². The van der Waals surface area contributed by atoms with Gasteiger partial charge in [-0.05, 0) is 75.0 Å². The molecule has 2 aliphatic rings. The first-order valence-corrected chi connectivity index (χ1v) is 11.8. The Kier molecular flexibility index (Phi) is 6.26. The molecule has 0 spiro atoms. The predicted molar refractivity (Wildman–Crippen MR) is 108 cm³/mol. The first-order valence-electron chi connectivity index (χ1n) is 10.1. The third-order valence-electron chi connectivity index (χ3n) is 6.16. The number of nitrogens with one attached hydrogen (secondary N) is 1. The maximum Gasteiger partial charge on any atom is 0.239 e. The molecular weight excluding hydrogens is 360 g/mol. The van der Waals surface area contributed by atoms with Crippen LogP contribution in [0.4, 0.5) is 0 Å². The van der Waals surface area contributed by atoms with E-state index < -0.39 is 15.8 Å². The van der Waals surface area contributed by atoms with Gasteiger partial charge in [-0.25, -0.2) is 13.1 Å². The van der Waals surface area contributed by atoms with Crippen LogP contribution in [-0.2, 0) is 14.8 Å². The molecule has 1 aliphatic heterocycles. The van der Waals surface area contributed by atoms with Gasteiger partial charge in [0, 0.05) is 12.6 Å². The van der Waals surface area contributed by atoms with Crippen molar-refractivity contribution in [3.63, 3.8) is 0 Å². The molecule has 3 rings (SSSR count). The molecule has 0 aromatic heterocycles. The van der Waals surface area contributed by atoms with Crippen molar-refractivity contribution in [1.82, 2.24) is 9.62 Å². The van der Waals surface area contributed by atoms with E-state index in [2.05, 4.69) is 43.7 Å². The van der Waals surface area contributed by atoms with E-state index in [-0.39, 0.29) is 18.0 Å². The summed E-state index contributed by atoms with van der Waals surface area (Å²) in [7, 11) is -3.60. The Morgan fingerprint density at radius 2 is 1.81 bits per heavy atom.